The highest BCUT2D eigenvalue weighted by molar-refractivity contribution is 5.95. The minimum absolute atomic E-state index is 0.587. The number of pyridine rings is 1. The number of hydrogen-bond acceptors (Lipinski definition) is 3. The Morgan fingerprint density at radius 2 is 1.68 bits per heavy atom. The standard InChI is InChI=1S/C19H21N3/c1-13-3-6-15(7-4-13)18-12-16-11-14(2)5-8-17(16)19(22-18)21-10-9-20/h3-8,11-12H,9-10,20H2,1-2H3,(H,21,22). The molecule has 0 bridgehead atoms. The molecule has 3 nitrogen and oxygen atoms in total. The number of nitrogens with one attached hydrogen (secondary N) is 1. The maximum atomic E-state index is 5.62. The average Bonchev–Trinajstić information content (AvgIpc) is 2.52. The summed E-state index contributed by atoms with van der Waals surface area (Å²) in [7, 11) is 0. The average molecular weight is 291 g/mol. The van der Waals surface area contributed by atoms with Crippen molar-refractivity contribution in [3.8, 4) is 11.3 Å². The van der Waals surface area contributed by atoms with Gasteiger partial charge in [0.25, 0.3) is 0 Å². The molecule has 0 amide bonds. The lowest BCUT2D eigenvalue weighted by molar-refractivity contribution is 1.02. The van der Waals surface area contributed by atoms with Crippen molar-refractivity contribution in [2.45, 2.75) is 13.8 Å². The molecule has 3 N–H and O–H groups in total. The highest BCUT2D eigenvalue weighted by atomic mass is 15.0. The van der Waals surface area contributed by atoms with Crippen molar-refractivity contribution in [3.63, 3.8) is 0 Å². The van der Waals surface area contributed by atoms with Gasteiger partial charge in [-0.05, 0) is 25.3 Å². The highest BCUT2D eigenvalue weighted by Crippen LogP contribution is 2.28. The van der Waals surface area contributed by atoms with Gasteiger partial charge in [0.15, 0.2) is 0 Å². The molecule has 0 saturated heterocycles. The van der Waals surface area contributed by atoms with Gasteiger partial charge < -0.3 is 11.1 Å². The van der Waals surface area contributed by atoms with Crippen LogP contribution in [0.5, 0.6) is 0 Å². The Labute approximate surface area is 131 Å². The molecule has 2 aromatic carbocycles. The molecular weight excluding hydrogens is 270 g/mol. The Kier molecular flexibility index (Phi) is 4.07. The van der Waals surface area contributed by atoms with Crippen LogP contribution in [0.4, 0.5) is 5.82 Å². The second-order valence-corrected chi connectivity index (χ2v) is 5.66. The minimum Gasteiger partial charge on any atom is -0.368 e. The van der Waals surface area contributed by atoms with Crippen LogP contribution in [0.3, 0.4) is 0 Å². The molecule has 0 radical (unpaired) electrons. The van der Waals surface area contributed by atoms with Gasteiger partial charge in [0.05, 0.1) is 5.69 Å². The van der Waals surface area contributed by atoms with Gasteiger partial charge >= 0.3 is 0 Å². The first-order valence-corrected chi connectivity index (χ1v) is 7.60. The summed E-state index contributed by atoms with van der Waals surface area (Å²) in [6, 6.07) is 17.1. The smallest absolute Gasteiger partial charge is 0.134 e. The third-order valence-corrected chi connectivity index (χ3v) is 3.77. The van der Waals surface area contributed by atoms with Crippen molar-refractivity contribution in [2.24, 2.45) is 5.73 Å². The van der Waals surface area contributed by atoms with Gasteiger partial charge in [0, 0.05) is 24.0 Å². The zero-order valence-corrected chi connectivity index (χ0v) is 13.1. The van der Waals surface area contributed by atoms with Crippen LogP contribution in [-0.2, 0) is 0 Å². The predicted octanol–water partition coefficient (Wildman–Crippen LogP) is 3.89. The first kappa shape index (κ1) is 14.5. The number of aryl methyl sites for hydroxylation is 2. The maximum absolute atomic E-state index is 5.62. The van der Waals surface area contributed by atoms with E-state index in [-0.39, 0.29) is 0 Å². The van der Waals surface area contributed by atoms with Crippen LogP contribution >= 0.6 is 0 Å². The van der Waals surface area contributed by atoms with E-state index in [2.05, 4.69) is 67.7 Å². The van der Waals surface area contributed by atoms with Gasteiger partial charge in [0.2, 0.25) is 0 Å². The Hall–Kier alpha value is -2.39. The van der Waals surface area contributed by atoms with Crippen LogP contribution in [0.15, 0.2) is 48.5 Å². The number of fused-ring (bicyclic) bond motifs is 1. The predicted molar refractivity (Wildman–Crippen MR) is 94.2 cm³/mol. The van der Waals surface area contributed by atoms with Gasteiger partial charge in [-0.1, -0.05) is 53.6 Å². The number of hydrogen-bond donors (Lipinski definition) is 2. The third-order valence-electron chi connectivity index (χ3n) is 3.77. The number of nitrogens with zero attached hydrogens (tertiary/aromatic N) is 1. The molecule has 0 aliphatic rings. The molecule has 0 aliphatic carbocycles. The van der Waals surface area contributed by atoms with Gasteiger partial charge in [-0.15, -0.1) is 0 Å². The second-order valence-electron chi connectivity index (χ2n) is 5.66. The molecule has 1 aromatic heterocycles. The molecule has 3 rings (SSSR count). The van der Waals surface area contributed by atoms with Crippen LogP contribution in [0.2, 0.25) is 0 Å². The molecule has 22 heavy (non-hydrogen) atoms. The van der Waals surface area contributed by atoms with Crippen molar-refractivity contribution in [2.75, 3.05) is 18.4 Å². The lowest BCUT2D eigenvalue weighted by Gasteiger charge is -2.12. The van der Waals surface area contributed by atoms with Crippen LogP contribution in [0, 0.1) is 13.8 Å². The third kappa shape index (κ3) is 2.95. The number of benzene rings is 2. The SMILES string of the molecule is Cc1ccc(-c2cc3cc(C)ccc3c(NCCN)n2)cc1. The number of aromatic nitrogens is 1. The van der Waals surface area contributed by atoms with Crippen molar-refractivity contribution in [1.29, 1.82) is 0 Å². The summed E-state index contributed by atoms with van der Waals surface area (Å²) in [5, 5.41) is 5.68. The molecule has 1 heterocycles. The first-order chi connectivity index (χ1) is 10.7. The molecule has 112 valence electrons. The fraction of sp³-hybridized carbons (Fsp3) is 0.211. The molecule has 0 fully saturated rings. The fourth-order valence-corrected chi connectivity index (χ4v) is 2.57. The lowest BCUT2D eigenvalue weighted by atomic mass is 10.0. The molecule has 0 saturated carbocycles. The van der Waals surface area contributed by atoms with Crippen molar-refractivity contribution < 1.29 is 0 Å². The molecule has 0 spiro atoms. The zero-order chi connectivity index (χ0) is 15.5. The summed E-state index contributed by atoms with van der Waals surface area (Å²) in [6.45, 7) is 5.50. The maximum Gasteiger partial charge on any atom is 0.134 e. The molecule has 0 atom stereocenters. The normalized spacial score (nSPS) is 10.9. The van der Waals surface area contributed by atoms with E-state index in [1.165, 1.54) is 16.5 Å². The van der Waals surface area contributed by atoms with E-state index < -0.39 is 0 Å². The summed E-state index contributed by atoms with van der Waals surface area (Å²) in [4.78, 5) is 4.80. The molecule has 0 aliphatic heterocycles. The summed E-state index contributed by atoms with van der Waals surface area (Å²) >= 11 is 0. The lowest BCUT2D eigenvalue weighted by Crippen LogP contribution is -2.14. The number of anilines is 1. The molecule has 3 aromatic rings. The summed E-state index contributed by atoms with van der Waals surface area (Å²) in [5.74, 6) is 0.901. The number of nitrogens with two attached hydrogens (primary N) is 1. The van der Waals surface area contributed by atoms with E-state index in [0.29, 0.717) is 13.1 Å². The van der Waals surface area contributed by atoms with E-state index >= 15 is 0 Å². The Bertz CT molecular complexity index is 792. The Morgan fingerprint density at radius 1 is 0.955 bits per heavy atom. The quantitative estimate of drug-likeness (QED) is 0.766. The van der Waals surface area contributed by atoms with Crippen LogP contribution < -0.4 is 11.1 Å². The molecular formula is C19H21N3. The van der Waals surface area contributed by atoms with Crippen molar-refractivity contribution in [1.82, 2.24) is 4.98 Å². The Morgan fingerprint density at radius 3 is 2.41 bits per heavy atom. The Balaban J connectivity index is 2.15. The monoisotopic (exact) mass is 291 g/mol. The van der Waals surface area contributed by atoms with E-state index in [9.17, 15) is 0 Å². The van der Waals surface area contributed by atoms with Gasteiger partial charge in [0.1, 0.15) is 5.82 Å². The van der Waals surface area contributed by atoms with Gasteiger partial charge in [-0.3, -0.25) is 0 Å². The topological polar surface area (TPSA) is 50.9 Å². The van der Waals surface area contributed by atoms with Crippen LogP contribution in [0.1, 0.15) is 11.1 Å². The van der Waals surface area contributed by atoms with E-state index in [1.807, 2.05) is 0 Å². The van der Waals surface area contributed by atoms with Gasteiger partial charge in [-0.2, -0.15) is 0 Å². The van der Waals surface area contributed by atoms with E-state index in [4.69, 9.17) is 10.7 Å². The summed E-state index contributed by atoms with van der Waals surface area (Å²) < 4.78 is 0. The highest BCUT2D eigenvalue weighted by Gasteiger charge is 2.08. The van der Waals surface area contributed by atoms with Crippen molar-refractivity contribution >= 4 is 16.6 Å². The summed E-state index contributed by atoms with van der Waals surface area (Å²) in [5.41, 5.74) is 10.2. The minimum atomic E-state index is 0.587. The fourth-order valence-electron chi connectivity index (χ4n) is 2.57. The van der Waals surface area contributed by atoms with Gasteiger partial charge in [-0.25, -0.2) is 4.98 Å². The first-order valence-electron chi connectivity index (χ1n) is 7.60. The summed E-state index contributed by atoms with van der Waals surface area (Å²) in [6.07, 6.45) is 0. The van der Waals surface area contributed by atoms with E-state index in [1.54, 1.807) is 0 Å². The van der Waals surface area contributed by atoms with Crippen LogP contribution in [0.25, 0.3) is 22.0 Å². The zero-order valence-electron chi connectivity index (χ0n) is 13.1. The van der Waals surface area contributed by atoms with Crippen molar-refractivity contribution in [3.05, 3.63) is 59.7 Å². The largest absolute Gasteiger partial charge is 0.368 e. The second kappa shape index (κ2) is 6.16. The molecule has 0 unspecified atom stereocenters. The number of rotatable bonds is 4. The van der Waals surface area contributed by atoms with E-state index in [0.717, 1.165) is 22.5 Å². The van der Waals surface area contributed by atoms with Crippen LogP contribution in [-0.4, -0.2) is 18.1 Å². The molecule has 3 heteroatoms.